The van der Waals surface area contributed by atoms with Gasteiger partial charge in [-0.3, -0.25) is 9.10 Å². The van der Waals surface area contributed by atoms with E-state index in [2.05, 4.69) is 5.32 Å². The van der Waals surface area contributed by atoms with Crippen LogP contribution in [0.4, 0.5) is 10.1 Å². The van der Waals surface area contributed by atoms with E-state index in [4.69, 9.17) is 4.42 Å². The van der Waals surface area contributed by atoms with E-state index < -0.39 is 28.3 Å². The minimum atomic E-state index is -3.78. The lowest BCUT2D eigenvalue weighted by molar-refractivity contribution is -0.119. The Balaban J connectivity index is 1.78. The largest absolute Gasteiger partial charge is 0.468 e. The highest BCUT2D eigenvalue weighted by Crippen LogP contribution is 2.21. The Morgan fingerprint density at radius 2 is 2.04 bits per heavy atom. The van der Waals surface area contributed by atoms with Gasteiger partial charge in [-0.25, -0.2) is 12.8 Å². The van der Waals surface area contributed by atoms with Gasteiger partial charge in [-0.15, -0.1) is 0 Å². The van der Waals surface area contributed by atoms with Gasteiger partial charge in [-0.05, 0) is 36.4 Å². The Morgan fingerprint density at radius 3 is 2.69 bits per heavy atom. The molecule has 142 valence electrons. The summed E-state index contributed by atoms with van der Waals surface area (Å²) in [5, 5.41) is 2.66. The fourth-order valence-electron chi connectivity index (χ4n) is 2.19. The fraction of sp³-hybridized carbons (Fsp3) is 0.353. The van der Waals surface area contributed by atoms with E-state index in [1.807, 2.05) is 12.1 Å². The number of para-hydroxylation sites is 1. The molecule has 1 aromatic carbocycles. The monoisotopic (exact) mass is 400 g/mol. The van der Waals surface area contributed by atoms with E-state index in [0.29, 0.717) is 6.54 Å². The number of carbonyl (C=O) groups is 1. The zero-order valence-electron chi connectivity index (χ0n) is 14.4. The molecule has 0 saturated heterocycles. The molecule has 26 heavy (non-hydrogen) atoms. The summed E-state index contributed by atoms with van der Waals surface area (Å²) >= 11 is 1.68. The van der Waals surface area contributed by atoms with Gasteiger partial charge in [-0.1, -0.05) is 12.1 Å². The standard InChI is InChI=1S/C17H21FN2O4S2/c1-26(22,23)20(16-8-3-2-7-15(16)18)12-17(21)19-9-5-11-25-13-14-6-4-10-24-14/h2-4,6-8,10H,5,9,11-13H2,1H3,(H,19,21). The Hall–Kier alpha value is -2.00. The maximum Gasteiger partial charge on any atom is 0.240 e. The van der Waals surface area contributed by atoms with Crippen molar-refractivity contribution in [2.75, 3.05) is 29.4 Å². The zero-order chi connectivity index (χ0) is 19.0. The lowest BCUT2D eigenvalue weighted by atomic mass is 10.3. The third kappa shape index (κ3) is 6.38. The van der Waals surface area contributed by atoms with Crippen LogP contribution in [0.5, 0.6) is 0 Å². The van der Waals surface area contributed by atoms with Crippen LogP contribution in [0.25, 0.3) is 0 Å². The van der Waals surface area contributed by atoms with Gasteiger partial charge in [0.1, 0.15) is 18.1 Å². The lowest BCUT2D eigenvalue weighted by Crippen LogP contribution is -2.41. The molecule has 0 spiro atoms. The van der Waals surface area contributed by atoms with Crippen molar-refractivity contribution in [3.63, 3.8) is 0 Å². The topological polar surface area (TPSA) is 79.6 Å². The predicted molar refractivity (Wildman–Crippen MR) is 101 cm³/mol. The predicted octanol–water partition coefficient (Wildman–Crippen LogP) is 2.62. The number of hydrogen-bond acceptors (Lipinski definition) is 5. The lowest BCUT2D eigenvalue weighted by Gasteiger charge is -2.22. The van der Waals surface area contributed by atoms with E-state index in [1.54, 1.807) is 18.0 Å². The molecule has 0 fully saturated rings. The number of carbonyl (C=O) groups excluding carboxylic acids is 1. The molecule has 0 unspecified atom stereocenters. The van der Waals surface area contributed by atoms with Crippen molar-refractivity contribution in [1.82, 2.24) is 5.32 Å². The minimum absolute atomic E-state index is 0.140. The van der Waals surface area contributed by atoms with E-state index >= 15 is 0 Å². The molecule has 1 aromatic heterocycles. The maximum absolute atomic E-state index is 13.9. The van der Waals surface area contributed by atoms with Crippen LogP contribution in [0.1, 0.15) is 12.2 Å². The van der Waals surface area contributed by atoms with Crippen molar-refractivity contribution in [2.24, 2.45) is 0 Å². The molecule has 1 N–H and O–H groups in total. The SMILES string of the molecule is CS(=O)(=O)N(CC(=O)NCCCSCc1ccco1)c1ccccc1F. The first kappa shape index (κ1) is 20.3. The number of amides is 1. The molecule has 2 rings (SSSR count). The molecule has 9 heteroatoms. The maximum atomic E-state index is 13.9. The Bertz CT molecular complexity index is 810. The van der Waals surface area contributed by atoms with Gasteiger partial charge in [-0.2, -0.15) is 11.8 Å². The Kier molecular flexibility index (Phi) is 7.52. The Morgan fingerprint density at radius 1 is 1.27 bits per heavy atom. The van der Waals surface area contributed by atoms with Crippen molar-refractivity contribution >= 4 is 33.4 Å². The molecule has 0 aliphatic carbocycles. The summed E-state index contributed by atoms with van der Waals surface area (Å²) in [5.74, 6) is 1.31. The number of halogens is 1. The normalized spacial score (nSPS) is 11.3. The fourth-order valence-corrected chi connectivity index (χ4v) is 3.91. The number of hydrogen-bond donors (Lipinski definition) is 1. The first-order chi connectivity index (χ1) is 12.4. The number of sulfonamides is 1. The molecule has 0 atom stereocenters. The third-order valence-electron chi connectivity index (χ3n) is 3.42. The van der Waals surface area contributed by atoms with Crippen molar-refractivity contribution in [3.05, 3.63) is 54.2 Å². The summed E-state index contributed by atoms with van der Waals surface area (Å²) < 4.78 is 43.7. The summed E-state index contributed by atoms with van der Waals surface area (Å²) in [7, 11) is -3.78. The van der Waals surface area contributed by atoms with Crippen molar-refractivity contribution in [1.29, 1.82) is 0 Å². The van der Waals surface area contributed by atoms with Crippen LogP contribution in [0.2, 0.25) is 0 Å². The second-order valence-electron chi connectivity index (χ2n) is 5.56. The van der Waals surface area contributed by atoms with E-state index in [0.717, 1.165) is 40.3 Å². The van der Waals surface area contributed by atoms with E-state index in [9.17, 15) is 17.6 Å². The number of thioether (sulfide) groups is 1. The van der Waals surface area contributed by atoms with Crippen LogP contribution in [-0.4, -0.2) is 39.4 Å². The van der Waals surface area contributed by atoms with Gasteiger partial charge in [0.05, 0.1) is 24.0 Å². The second-order valence-corrected chi connectivity index (χ2v) is 8.57. The zero-order valence-corrected chi connectivity index (χ0v) is 16.0. The number of nitrogens with one attached hydrogen (secondary N) is 1. The molecule has 2 aromatic rings. The van der Waals surface area contributed by atoms with Crippen LogP contribution < -0.4 is 9.62 Å². The summed E-state index contributed by atoms with van der Waals surface area (Å²) in [4.78, 5) is 12.0. The summed E-state index contributed by atoms with van der Waals surface area (Å²) in [6.07, 6.45) is 3.30. The van der Waals surface area contributed by atoms with Crippen LogP contribution >= 0.6 is 11.8 Å². The molecule has 0 saturated carbocycles. The number of furan rings is 1. The van der Waals surface area contributed by atoms with Gasteiger partial charge in [0.25, 0.3) is 0 Å². The van der Waals surface area contributed by atoms with Gasteiger partial charge in [0.2, 0.25) is 15.9 Å². The molecule has 6 nitrogen and oxygen atoms in total. The van der Waals surface area contributed by atoms with E-state index in [-0.39, 0.29) is 5.69 Å². The molecule has 0 radical (unpaired) electrons. The molecule has 0 bridgehead atoms. The quantitative estimate of drug-likeness (QED) is 0.620. The van der Waals surface area contributed by atoms with Crippen LogP contribution in [0, 0.1) is 5.82 Å². The summed E-state index contributed by atoms with van der Waals surface area (Å²) in [6.45, 7) is -0.0435. The average molecular weight is 400 g/mol. The summed E-state index contributed by atoms with van der Waals surface area (Å²) in [6, 6.07) is 9.19. The average Bonchev–Trinajstić information content (AvgIpc) is 3.09. The van der Waals surface area contributed by atoms with Gasteiger partial charge >= 0.3 is 0 Å². The Labute approximate surface area is 156 Å². The van der Waals surface area contributed by atoms with Crippen LogP contribution in [-0.2, 0) is 20.6 Å². The van der Waals surface area contributed by atoms with Crippen molar-refractivity contribution in [2.45, 2.75) is 12.2 Å². The molecule has 0 aliphatic heterocycles. The highest BCUT2D eigenvalue weighted by atomic mass is 32.2. The second kappa shape index (κ2) is 9.63. The van der Waals surface area contributed by atoms with Crippen molar-refractivity contribution < 1.29 is 22.0 Å². The van der Waals surface area contributed by atoms with E-state index in [1.165, 1.54) is 18.2 Å². The first-order valence-corrected chi connectivity index (χ1v) is 11.0. The van der Waals surface area contributed by atoms with Crippen LogP contribution in [0.15, 0.2) is 47.1 Å². The molecule has 1 amide bonds. The number of nitrogens with zero attached hydrogens (tertiary/aromatic N) is 1. The molecule has 1 heterocycles. The highest BCUT2D eigenvalue weighted by Gasteiger charge is 2.23. The van der Waals surface area contributed by atoms with Gasteiger partial charge in [0, 0.05) is 6.54 Å². The molecular formula is C17H21FN2O4S2. The van der Waals surface area contributed by atoms with Crippen molar-refractivity contribution in [3.8, 4) is 0 Å². The summed E-state index contributed by atoms with van der Waals surface area (Å²) in [5.41, 5.74) is -0.140. The minimum Gasteiger partial charge on any atom is -0.468 e. The number of rotatable bonds is 10. The third-order valence-corrected chi connectivity index (χ3v) is 5.61. The first-order valence-electron chi connectivity index (χ1n) is 7.97. The van der Waals surface area contributed by atoms with Gasteiger partial charge < -0.3 is 9.73 Å². The molecular weight excluding hydrogens is 379 g/mol. The van der Waals surface area contributed by atoms with Gasteiger partial charge in [0.15, 0.2) is 0 Å². The van der Waals surface area contributed by atoms with Crippen LogP contribution in [0.3, 0.4) is 0 Å². The highest BCUT2D eigenvalue weighted by molar-refractivity contribution is 7.98. The number of benzene rings is 1. The number of anilines is 1. The molecule has 0 aliphatic rings. The smallest absolute Gasteiger partial charge is 0.240 e.